The van der Waals surface area contributed by atoms with E-state index in [1.54, 1.807) is 6.07 Å². The summed E-state index contributed by atoms with van der Waals surface area (Å²) in [4.78, 5) is 24.4. The molecule has 6 heteroatoms. The Labute approximate surface area is 153 Å². The number of likely N-dealkylation sites (tertiary alicyclic amines) is 1. The van der Waals surface area contributed by atoms with Gasteiger partial charge < -0.3 is 14.5 Å². The summed E-state index contributed by atoms with van der Waals surface area (Å²) in [6.07, 6.45) is 2.13. The first-order valence-corrected chi connectivity index (χ1v) is 9.48. The molecule has 0 saturated carbocycles. The predicted molar refractivity (Wildman–Crippen MR) is 102 cm³/mol. The van der Waals surface area contributed by atoms with E-state index in [0.717, 1.165) is 51.3 Å². The minimum absolute atomic E-state index is 0.0563. The number of H-pyrrole nitrogens is 1. The highest BCUT2D eigenvalue weighted by atomic mass is 16.5. The third-order valence-electron chi connectivity index (χ3n) is 5.31. The molecule has 3 heterocycles. The number of aromatic amines is 1. The second-order valence-electron chi connectivity index (χ2n) is 7.12. The third-order valence-corrected chi connectivity index (χ3v) is 5.31. The molecule has 138 valence electrons. The largest absolute Gasteiger partial charge is 0.378 e. The van der Waals surface area contributed by atoms with Crippen LogP contribution in [0, 0.1) is 0 Å². The summed E-state index contributed by atoms with van der Waals surface area (Å²) < 4.78 is 5.39. The van der Waals surface area contributed by atoms with Crippen LogP contribution in [0.5, 0.6) is 0 Å². The van der Waals surface area contributed by atoms with Crippen LogP contribution in [0.3, 0.4) is 0 Å². The quantitative estimate of drug-likeness (QED) is 0.884. The first kappa shape index (κ1) is 17.2. The molecule has 2 aromatic rings. The van der Waals surface area contributed by atoms with Crippen LogP contribution in [0.4, 0.5) is 5.95 Å². The minimum Gasteiger partial charge on any atom is -0.378 e. The number of benzene rings is 1. The summed E-state index contributed by atoms with van der Waals surface area (Å²) in [7, 11) is 0. The van der Waals surface area contributed by atoms with Crippen molar-refractivity contribution < 1.29 is 4.74 Å². The Hall–Kier alpha value is -2.18. The molecular formula is C20H26N4O2. The number of rotatable bonds is 5. The minimum atomic E-state index is -0.0563. The monoisotopic (exact) mass is 354 g/mol. The van der Waals surface area contributed by atoms with Crippen molar-refractivity contribution in [2.24, 2.45) is 0 Å². The van der Waals surface area contributed by atoms with Gasteiger partial charge in [0.2, 0.25) is 5.95 Å². The van der Waals surface area contributed by atoms with Gasteiger partial charge >= 0.3 is 0 Å². The van der Waals surface area contributed by atoms with E-state index < -0.39 is 0 Å². The second kappa shape index (κ2) is 8.01. The predicted octanol–water partition coefficient (Wildman–Crippen LogP) is 1.64. The lowest BCUT2D eigenvalue weighted by atomic mass is 10.0. The number of aromatic nitrogens is 2. The lowest BCUT2D eigenvalue weighted by molar-refractivity contribution is 0.122. The normalized spacial score (nSPS) is 21.2. The van der Waals surface area contributed by atoms with Crippen LogP contribution in [0.15, 0.2) is 41.2 Å². The summed E-state index contributed by atoms with van der Waals surface area (Å²) in [6, 6.07) is 12.3. The summed E-state index contributed by atoms with van der Waals surface area (Å²) in [5.74, 6) is 1.03. The van der Waals surface area contributed by atoms with Crippen LogP contribution >= 0.6 is 0 Å². The highest BCUT2D eigenvalue weighted by Gasteiger charge is 2.26. The van der Waals surface area contributed by atoms with Gasteiger partial charge in [-0.25, -0.2) is 4.98 Å². The van der Waals surface area contributed by atoms with Crippen molar-refractivity contribution in [3.8, 4) is 0 Å². The Bertz CT molecular complexity index is 771. The van der Waals surface area contributed by atoms with Crippen molar-refractivity contribution in [3.05, 3.63) is 58.0 Å². The van der Waals surface area contributed by atoms with E-state index in [2.05, 4.69) is 45.1 Å². The zero-order valence-electron chi connectivity index (χ0n) is 15.1. The van der Waals surface area contributed by atoms with Crippen molar-refractivity contribution in [3.63, 3.8) is 0 Å². The zero-order valence-corrected chi connectivity index (χ0v) is 15.1. The van der Waals surface area contributed by atoms with E-state index in [9.17, 15) is 4.79 Å². The molecule has 2 fully saturated rings. The molecule has 1 unspecified atom stereocenters. The molecule has 0 bridgehead atoms. The van der Waals surface area contributed by atoms with E-state index in [1.807, 2.05) is 0 Å². The van der Waals surface area contributed by atoms with Crippen molar-refractivity contribution in [2.75, 3.05) is 50.8 Å². The maximum Gasteiger partial charge on any atom is 0.252 e. The lowest BCUT2D eigenvalue weighted by Crippen LogP contribution is -2.38. The Morgan fingerprint density at radius 2 is 1.96 bits per heavy atom. The molecule has 26 heavy (non-hydrogen) atoms. The molecule has 0 spiro atoms. The number of nitrogens with zero attached hydrogens (tertiary/aromatic N) is 3. The van der Waals surface area contributed by atoms with Crippen molar-refractivity contribution >= 4 is 5.95 Å². The van der Waals surface area contributed by atoms with Gasteiger partial charge in [0.1, 0.15) is 0 Å². The molecule has 0 radical (unpaired) electrons. The van der Waals surface area contributed by atoms with E-state index >= 15 is 0 Å². The third kappa shape index (κ3) is 4.14. The summed E-state index contributed by atoms with van der Waals surface area (Å²) in [5.41, 5.74) is 2.25. The van der Waals surface area contributed by atoms with Gasteiger partial charge in [0.25, 0.3) is 5.56 Å². The van der Waals surface area contributed by atoms with Gasteiger partial charge in [-0.2, -0.15) is 0 Å². The highest BCUT2D eigenvalue weighted by molar-refractivity contribution is 5.32. The van der Waals surface area contributed by atoms with Gasteiger partial charge in [0.05, 0.1) is 18.9 Å². The molecule has 1 aromatic heterocycles. The van der Waals surface area contributed by atoms with E-state index in [0.29, 0.717) is 25.1 Å². The second-order valence-corrected chi connectivity index (χ2v) is 7.12. The number of morpholine rings is 1. The van der Waals surface area contributed by atoms with Gasteiger partial charge in [0, 0.05) is 38.2 Å². The molecule has 0 aliphatic carbocycles. The van der Waals surface area contributed by atoms with Gasteiger partial charge in [-0.3, -0.25) is 9.78 Å². The molecule has 1 N–H and O–H groups in total. The average Bonchev–Trinajstić information content (AvgIpc) is 3.17. The lowest BCUT2D eigenvalue weighted by Gasteiger charge is -2.27. The maximum atomic E-state index is 12.1. The average molecular weight is 354 g/mol. The van der Waals surface area contributed by atoms with E-state index in [-0.39, 0.29) is 5.56 Å². The number of ether oxygens (including phenoxy) is 1. The Morgan fingerprint density at radius 3 is 2.77 bits per heavy atom. The van der Waals surface area contributed by atoms with E-state index in [4.69, 9.17) is 9.72 Å². The Morgan fingerprint density at radius 1 is 1.15 bits per heavy atom. The molecule has 2 saturated heterocycles. The number of nitrogens with one attached hydrogen (secondary N) is 1. The van der Waals surface area contributed by atoms with Crippen molar-refractivity contribution in [1.82, 2.24) is 14.9 Å². The van der Waals surface area contributed by atoms with Crippen molar-refractivity contribution in [2.45, 2.75) is 18.8 Å². The maximum absolute atomic E-state index is 12.1. The van der Waals surface area contributed by atoms with Crippen LogP contribution < -0.4 is 10.5 Å². The van der Waals surface area contributed by atoms with Crippen LogP contribution in [-0.4, -0.2) is 60.8 Å². The number of hydrogen-bond acceptors (Lipinski definition) is 5. The number of hydrogen-bond donors (Lipinski definition) is 1. The molecule has 1 aromatic carbocycles. The smallest absolute Gasteiger partial charge is 0.252 e. The Balaban J connectivity index is 1.40. The molecule has 4 rings (SSSR count). The summed E-state index contributed by atoms with van der Waals surface area (Å²) in [5, 5.41) is 0. The SMILES string of the molecule is O=c1cc(C2CCN(CCc3ccccc3)C2)nc(N2CCOCC2)[nH]1. The molecule has 2 aliphatic rings. The fraction of sp³-hybridized carbons (Fsp3) is 0.500. The number of anilines is 1. The molecular weight excluding hydrogens is 328 g/mol. The topological polar surface area (TPSA) is 61.5 Å². The molecule has 2 aliphatic heterocycles. The first-order chi connectivity index (χ1) is 12.8. The first-order valence-electron chi connectivity index (χ1n) is 9.48. The standard InChI is InChI=1S/C20H26N4O2/c25-19-14-18(21-20(22-19)24-10-12-26-13-11-24)17-7-9-23(15-17)8-6-16-4-2-1-3-5-16/h1-5,14,17H,6-13,15H2,(H,21,22,25). The zero-order chi connectivity index (χ0) is 17.8. The van der Waals surface area contributed by atoms with Gasteiger partial charge in [0.15, 0.2) is 0 Å². The van der Waals surface area contributed by atoms with Crippen LogP contribution in [0.2, 0.25) is 0 Å². The van der Waals surface area contributed by atoms with Crippen LogP contribution in [0.1, 0.15) is 23.6 Å². The van der Waals surface area contributed by atoms with Crippen LogP contribution in [-0.2, 0) is 11.2 Å². The molecule has 1 atom stereocenters. The molecule has 6 nitrogen and oxygen atoms in total. The van der Waals surface area contributed by atoms with Gasteiger partial charge in [-0.1, -0.05) is 30.3 Å². The van der Waals surface area contributed by atoms with Gasteiger partial charge in [-0.05, 0) is 24.9 Å². The van der Waals surface area contributed by atoms with E-state index in [1.165, 1.54) is 5.56 Å². The molecule has 0 amide bonds. The van der Waals surface area contributed by atoms with Crippen molar-refractivity contribution in [1.29, 1.82) is 0 Å². The van der Waals surface area contributed by atoms with Gasteiger partial charge in [-0.15, -0.1) is 0 Å². The highest BCUT2D eigenvalue weighted by Crippen LogP contribution is 2.26. The summed E-state index contributed by atoms with van der Waals surface area (Å²) >= 11 is 0. The fourth-order valence-electron chi connectivity index (χ4n) is 3.81. The fourth-order valence-corrected chi connectivity index (χ4v) is 3.81. The van der Waals surface area contributed by atoms with Crippen LogP contribution in [0.25, 0.3) is 0 Å². The Kier molecular flexibility index (Phi) is 5.32. The summed E-state index contributed by atoms with van der Waals surface area (Å²) in [6.45, 7) is 6.03.